The van der Waals surface area contributed by atoms with E-state index < -0.39 is 0 Å². The Morgan fingerprint density at radius 1 is 0.400 bits per heavy atom. The van der Waals surface area contributed by atoms with Crippen molar-refractivity contribution in [3.8, 4) is 0 Å². The highest BCUT2D eigenvalue weighted by Crippen LogP contribution is 1.92. The molecule has 3 nitrogen and oxygen atoms in total. The topological polar surface area (TPSA) is 36.1 Å². The fraction of sp³-hybridized carbons (Fsp3) is 1.00. The molecule has 0 unspecified atom stereocenters. The van der Waals surface area contributed by atoms with E-state index in [1.807, 2.05) is 0 Å². The minimum absolute atomic E-state index is 1.16. The molecular formula is C17H39N3. The second-order valence-electron chi connectivity index (χ2n) is 5.72. The van der Waals surface area contributed by atoms with Gasteiger partial charge in [0.2, 0.25) is 0 Å². The lowest BCUT2D eigenvalue weighted by Gasteiger charge is -2.07. The molecule has 0 fully saturated rings. The average Bonchev–Trinajstić information content (AvgIpc) is 2.47. The largest absolute Gasteiger partial charge is 0.317 e. The number of hydrogen-bond donors (Lipinski definition) is 3. The summed E-state index contributed by atoms with van der Waals surface area (Å²) in [5, 5.41) is 10.6. The van der Waals surface area contributed by atoms with E-state index in [4.69, 9.17) is 0 Å². The van der Waals surface area contributed by atoms with Gasteiger partial charge in [-0.1, -0.05) is 39.5 Å². The van der Waals surface area contributed by atoms with Gasteiger partial charge in [0.1, 0.15) is 0 Å². The minimum atomic E-state index is 1.16. The number of hydrogen-bond acceptors (Lipinski definition) is 3. The first kappa shape index (κ1) is 19.9. The van der Waals surface area contributed by atoms with Gasteiger partial charge in [-0.3, -0.25) is 0 Å². The van der Waals surface area contributed by atoms with Crippen molar-refractivity contribution in [1.82, 2.24) is 16.0 Å². The molecule has 0 saturated carbocycles. The van der Waals surface area contributed by atoms with Crippen LogP contribution in [0.2, 0.25) is 0 Å². The van der Waals surface area contributed by atoms with Gasteiger partial charge in [-0.25, -0.2) is 0 Å². The molecule has 0 aliphatic rings. The lowest BCUT2D eigenvalue weighted by Crippen LogP contribution is -2.24. The van der Waals surface area contributed by atoms with Crippen LogP contribution in [0.1, 0.15) is 71.6 Å². The van der Waals surface area contributed by atoms with Crippen LogP contribution in [-0.2, 0) is 0 Å². The van der Waals surface area contributed by atoms with E-state index in [-0.39, 0.29) is 0 Å². The standard InChI is InChI=1S/C17H39N3/c1-3-5-7-12-18-14-9-10-15-20-17-11-16-19-13-8-6-4-2/h18-20H,3-17H2,1-2H3. The molecule has 0 aromatic carbocycles. The first-order valence-corrected chi connectivity index (χ1v) is 9.04. The molecular weight excluding hydrogens is 246 g/mol. The third-order valence-electron chi connectivity index (χ3n) is 3.58. The molecule has 3 heteroatoms. The van der Waals surface area contributed by atoms with Crippen LogP contribution in [0.4, 0.5) is 0 Å². The first-order valence-electron chi connectivity index (χ1n) is 9.04. The van der Waals surface area contributed by atoms with Crippen molar-refractivity contribution in [3.63, 3.8) is 0 Å². The van der Waals surface area contributed by atoms with E-state index >= 15 is 0 Å². The Morgan fingerprint density at radius 3 is 1.05 bits per heavy atom. The highest BCUT2D eigenvalue weighted by Gasteiger charge is 1.91. The normalized spacial score (nSPS) is 11.1. The third-order valence-corrected chi connectivity index (χ3v) is 3.58. The van der Waals surface area contributed by atoms with Gasteiger partial charge in [0.15, 0.2) is 0 Å². The summed E-state index contributed by atoms with van der Waals surface area (Å²) in [6.07, 6.45) is 11.9. The summed E-state index contributed by atoms with van der Waals surface area (Å²) < 4.78 is 0. The van der Waals surface area contributed by atoms with Crippen LogP contribution in [0, 0.1) is 0 Å². The van der Waals surface area contributed by atoms with Crippen molar-refractivity contribution in [1.29, 1.82) is 0 Å². The molecule has 0 spiro atoms. The quantitative estimate of drug-likeness (QED) is 0.359. The van der Waals surface area contributed by atoms with Gasteiger partial charge in [-0.05, 0) is 71.4 Å². The van der Waals surface area contributed by atoms with Crippen LogP contribution in [0.15, 0.2) is 0 Å². The molecule has 122 valence electrons. The third kappa shape index (κ3) is 17.9. The molecule has 20 heavy (non-hydrogen) atoms. The van der Waals surface area contributed by atoms with Gasteiger partial charge in [-0.2, -0.15) is 0 Å². The van der Waals surface area contributed by atoms with Crippen LogP contribution in [0.25, 0.3) is 0 Å². The Balaban J connectivity index is 2.89. The molecule has 0 aromatic rings. The highest BCUT2D eigenvalue weighted by atomic mass is 14.9. The van der Waals surface area contributed by atoms with Gasteiger partial charge < -0.3 is 16.0 Å². The summed E-state index contributed by atoms with van der Waals surface area (Å²) in [5.41, 5.74) is 0. The fourth-order valence-corrected chi connectivity index (χ4v) is 2.21. The summed E-state index contributed by atoms with van der Waals surface area (Å²) in [7, 11) is 0. The molecule has 0 aliphatic heterocycles. The molecule has 0 bridgehead atoms. The van der Waals surface area contributed by atoms with E-state index in [0.717, 1.165) is 13.1 Å². The monoisotopic (exact) mass is 285 g/mol. The van der Waals surface area contributed by atoms with Crippen molar-refractivity contribution >= 4 is 0 Å². The zero-order valence-corrected chi connectivity index (χ0v) is 14.1. The van der Waals surface area contributed by atoms with Gasteiger partial charge in [0.25, 0.3) is 0 Å². The zero-order valence-electron chi connectivity index (χ0n) is 14.1. The lowest BCUT2D eigenvalue weighted by atomic mass is 10.2. The van der Waals surface area contributed by atoms with Crippen molar-refractivity contribution in [2.75, 3.05) is 39.3 Å². The number of nitrogens with one attached hydrogen (secondary N) is 3. The number of unbranched alkanes of at least 4 members (excludes halogenated alkanes) is 5. The van der Waals surface area contributed by atoms with Crippen LogP contribution >= 0.6 is 0 Å². The van der Waals surface area contributed by atoms with Gasteiger partial charge in [0.05, 0.1) is 0 Å². The Labute approximate surface area is 127 Å². The summed E-state index contributed by atoms with van der Waals surface area (Å²) in [6.45, 7) is 11.6. The van der Waals surface area contributed by atoms with Gasteiger partial charge >= 0.3 is 0 Å². The minimum Gasteiger partial charge on any atom is -0.317 e. The number of rotatable bonds is 17. The predicted molar refractivity (Wildman–Crippen MR) is 91.5 cm³/mol. The SMILES string of the molecule is CCCCCNCCCCNCCCNCCCCC. The van der Waals surface area contributed by atoms with E-state index in [2.05, 4.69) is 29.8 Å². The van der Waals surface area contributed by atoms with Gasteiger partial charge in [0, 0.05) is 0 Å². The zero-order chi connectivity index (χ0) is 14.7. The van der Waals surface area contributed by atoms with Crippen molar-refractivity contribution < 1.29 is 0 Å². The molecule has 0 radical (unpaired) electrons. The van der Waals surface area contributed by atoms with Crippen molar-refractivity contribution in [3.05, 3.63) is 0 Å². The molecule has 0 heterocycles. The fourth-order valence-electron chi connectivity index (χ4n) is 2.21. The Morgan fingerprint density at radius 2 is 0.700 bits per heavy atom. The van der Waals surface area contributed by atoms with Crippen LogP contribution in [-0.4, -0.2) is 39.3 Å². The predicted octanol–water partition coefficient (Wildman–Crippen LogP) is 3.31. The van der Waals surface area contributed by atoms with E-state index in [9.17, 15) is 0 Å². The molecule has 3 N–H and O–H groups in total. The second kappa shape index (κ2) is 18.9. The lowest BCUT2D eigenvalue weighted by molar-refractivity contribution is 0.545. The molecule has 0 rings (SSSR count). The smallest absolute Gasteiger partial charge is 0.00368 e. The summed E-state index contributed by atoms with van der Waals surface area (Å²) in [5.74, 6) is 0. The second-order valence-corrected chi connectivity index (χ2v) is 5.72. The Kier molecular flexibility index (Phi) is 18.8. The molecule has 0 saturated heterocycles. The summed E-state index contributed by atoms with van der Waals surface area (Å²) >= 11 is 0. The summed E-state index contributed by atoms with van der Waals surface area (Å²) in [4.78, 5) is 0. The van der Waals surface area contributed by atoms with Crippen LogP contribution in [0.5, 0.6) is 0 Å². The van der Waals surface area contributed by atoms with Crippen LogP contribution < -0.4 is 16.0 Å². The van der Waals surface area contributed by atoms with E-state index in [0.29, 0.717) is 0 Å². The van der Waals surface area contributed by atoms with Crippen molar-refractivity contribution in [2.24, 2.45) is 0 Å². The van der Waals surface area contributed by atoms with Crippen molar-refractivity contribution in [2.45, 2.75) is 71.6 Å². The molecule has 0 aliphatic carbocycles. The first-order chi connectivity index (χ1) is 9.91. The summed E-state index contributed by atoms with van der Waals surface area (Å²) in [6, 6.07) is 0. The Hall–Kier alpha value is -0.120. The van der Waals surface area contributed by atoms with E-state index in [1.165, 1.54) is 84.0 Å². The highest BCUT2D eigenvalue weighted by molar-refractivity contribution is 4.54. The molecule has 0 amide bonds. The van der Waals surface area contributed by atoms with Crippen LogP contribution in [0.3, 0.4) is 0 Å². The van der Waals surface area contributed by atoms with E-state index in [1.54, 1.807) is 0 Å². The maximum Gasteiger partial charge on any atom is -0.00368 e. The van der Waals surface area contributed by atoms with Gasteiger partial charge in [-0.15, -0.1) is 0 Å². The Bertz CT molecular complexity index is 144. The molecule has 0 aromatic heterocycles. The maximum absolute atomic E-state index is 3.53. The maximum atomic E-state index is 3.53. The molecule has 0 atom stereocenters. The average molecular weight is 286 g/mol.